The highest BCUT2D eigenvalue weighted by Gasteiger charge is 2.46. The van der Waals surface area contributed by atoms with Gasteiger partial charge in [0.25, 0.3) is 0 Å². The molecule has 1 aliphatic carbocycles. The van der Waals surface area contributed by atoms with Crippen LogP contribution >= 0.6 is 0 Å². The summed E-state index contributed by atoms with van der Waals surface area (Å²) in [5.41, 5.74) is -0.277. The molecule has 6 heteroatoms. The summed E-state index contributed by atoms with van der Waals surface area (Å²) in [7, 11) is 0. The van der Waals surface area contributed by atoms with E-state index in [0.717, 1.165) is 58.2 Å². The minimum Gasteiger partial charge on any atom is -0.481 e. The van der Waals surface area contributed by atoms with Gasteiger partial charge in [-0.3, -0.25) is 4.79 Å². The molecule has 0 aromatic heterocycles. The van der Waals surface area contributed by atoms with Crippen LogP contribution in [0.3, 0.4) is 0 Å². The highest BCUT2D eigenvalue weighted by atomic mass is 16.6. The number of ether oxygens (including phenoxy) is 1. The summed E-state index contributed by atoms with van der Waals surface area (Å²) in [4.78, 5) is 24.9. The van der Waals surface area contributed by atoms with E-state index >= 15 is 0 Å². The molecule has 1 saturated carbocycles. The number of hydrogen-bond donors (Lipinski definition) is 2. The van der Waals surface area contributed by atoms with Crippen LogP contribution in [0.1, 0.15) is 38.5 Å². The number of piperidine rings is 1. The molecule has 2 aliphatic heterocycles. The number of nitrogens with one attached hydrogen (secondary N) is 1. The van der Waals surface area contributed by atoms with Gasteiger partial charge in [0.15, 0.2) is 0 Å². The van der Waals surface area contributed by atoms with Crippen LogP contribution in [0.25, 0.3) is 0 Å². The Hall–Kier alpha value is -1.30. The molecule has 2 heterocycles. The molecular weight excluding hydrogens is 272 g/mol. The van der Waals surface area contributed by atoms with E-state index in [4.69, 9.17) is 9.84 Å². The van der Waals surface area contributed by atoms with Crippen LogP contribution in [0.15, 0.2) is 0 Å². The van der Waals surface area contributed by atoms with Crippen LogP contribution < -0.4 is 5.32 Å². The van der Waals surface area contributed by atoms with Crippen molar-refractivity contribution in [1.29, 1.82) is 0 Å². The smallest absolute Gasteiger partial charge is 0.410 e. The summed E-state index contributed by atoms with van der Waals surface area (Å²) >= 11 is 0. The molecule has 1 amide bonds. The van der Waals surface area contributed by atoms with E-state index in [9.17, 15) is 9.59 Å². The van der Waals surface area contributed by atoms with E-state index in [1.165, 1.54) is 0 Å². The predicted octanol–water partition coefficient (Wildman–Crippen LogP) is 1.45. The maximum atomic E-state index is 12.1. The highest BCUT2D eigenvalue weighted by molar-refractivity contribution is 5.71. The maximum absolute atomic E-state index is 12.1. The van der Waals surface area contributed by atoms with Crippen LogP contribution in [0.5, 0.6) is 0 Å². The van der Waals surface area contributed by atoms with Crippen molar-refractivity contribution < 1.29 is 19.4 Å². The Labute approximate surface area is 124 Å². The van der Waals surface area contributed by atoms with Crippen molar-refractivity contribution in [1.82, 2.24) is 10.2 Å². The van der Waals surface area contributed by atoms with Crippen LogP contribution in [0.4, 0.5) is 4.79 Å². The summed E-state index contributed by atoms with van der Waals surface area (Å²) in [5, 5.41) is 12.3. The molecule has 3 aliphatic rings. The molecule has 0 aromatic rings. The number of carbonyl (C=O) groups excluding carboxylic acids is 1. The van der Waals surface area contributed by atoms with Crippen molar-refractivity contribution in [2.45, 2.75) is 44.1 Å². The van der Waals surface area contributed by atoms with E-state index in [2.05, 4.69) is 5.32 Å². The van der Waals surface area contributed by atoms with Crippen molar-refractivity contribution in [2.75, 3.05) is 26.2 Å². The van der Waals surface area contributed by atoms with E-state index in [1.807, 2.05) is 4.90 Å². The van der Waals surface area contributed by atoms with Gasteiger partial charge in [0.1, 0.15) is 5.60 Å². The number of carbonyl (C=O) groups is 2. The molecule has 6 nitrogen and oxygen atoms in total. The zero-order valence-electron chi connectivity index (χ0n) is 12.3. The number of carboxylic acid groups (broad SMARTS) is 1. The van der Waals surface area contributed by atoms with Gasteiger partial charge < -0.3 is 20.1 Å². The summed E-state index contributed by atoms with van der Waals surface area (Å²) < 4.78 is 5.66. The lowest BCUT2D eigenvalue weighted by atomic mass is 9.81. The van der Waals surface area contributed by atoms with Gasteiger partial charge in [-0.15, -0.1) is 0 Å². The number of carboxylic acids is 1. The second-order valence-electron chi connectivity index (χ2n) is 6.74. The number of rotatable bonds is 3. The van der Waals surface area contributed by atoms with Crippen molar-refractivity contribution in [3.05, 3.63) is 0 Å². The van der Waals surface area contributed by atoms with E-state index in [-0.39, 0.29) is 17.6 Å². The minimum absolute atomic E-state index is 0.183. The number of hydrogen-bond acceptors (Lipinski definition) is 4. The molecule has 0 bridgehead atoms. The molecule has 2 saturated heterocycles. The Kier molecular flexibility index (Phi) is 4.06. The quantitative estimate of drug-likeness (QED) is 0.824. The van der Waals surface area contributed by atoms with Gasteiger partial charge in [-0.05, 0) is 44.7 Å². The molecule has 0 radical (unpaired) electrons. The van der Waals surface area contributed by atoms with Gasteiger partial charge in [0.2, 0.25) is 0 Å². The first-order chi connectivity index (χ1) is 10.1. The lowest BCUT2D eigenvalue weighted by Gasteiger charge is -2.32. The van der Waals surface area contributed by atoms with Gasteiger partial charge in [-0.2, -0.15) is 0 Å². The Bertz CT molecular complexity index is 412. The Morgan fingerprint density at radius 3 is 2.57 bits per heavy atom. The summed E-state index contributed by atoms with van der Waals surface area (Å²) in [6.45, 7) is 3.24. The molecule has 118 valence electrons. The standard InChI is InChI=1S/C15H24N2O4/c18-13(19)12-3-1-11(2-4-12)9-17-10-15(21-14(17)20)5-7-16-8-6-15/h11-12,16H,1-10H2,(H,18,19)/t11-,12-. The van der Waals surface area contributed by atoms with E-state index < -0.39 is 5.97 Å². The van der Waals surface area contributed by atoms with Gasteiger partial charge in [0.05, 0.1) is 12.5 Å². The summed E-state index contributed by atoms with van der Waals surface area (Å²) in [6.07, 6.45) is 4.86. The summed E-state index contributed by atoms with van der Waals surface area (Å²) in [5.74, 6) is -0.449. The molecule has 3 fully saturated rings. The Balaban J connectivity index is 1.52. The van der Waals surface area contributed by atoms with Gasteiger partial charge in [0, 0.05) is 19.4 Å². The minimum atomic E-state index is -0.678. The van der Waals surface area contributed by atoms with Crippen molar-refractivity contribution in [3.63, 3.8) is 0 Å². The molecule has 2 N–H and O–H groups in total. The summed E-state index contributed by atoms with van der Waals surface area (Å²) in [6, 6.07) is 0. The van der Waals surface area contributed by atoms with Crippen LogP contribution in [-0.4, -0.2) is 53.8 Å². The molecule has 0 unspecified atom stereocenters. The first kappa shape index (κ1) is 14.6. The van der Waals surface area contributed by atoms with Gasteiger partial charge >= 0.3 is 12.1 Å². The lowest BCUT2D eigenvalue weighted by molar-refractivity contribution is -0.143. The number of aliphatic carboxylic acids is 1. The fraction of sp³-hybridized carbons (Fsp3) is 0.867. The van der Waals surface area contributed by atoms with Crippen LogP contribution in [-0.2, 0) is 9.53 Å². The highest BCUT2D eigenvalue weighted by Crippen LogP contribution is 2.34. The maximum Gasteiger partial charge on any atom is 0.410 e. The molecule has 21 heavy (non-hydrogen) atoms. The average molecular weight is 296 g/mol. The molecule has 3 rings (SSSR count). The third kappa shape index (κ3) is 3.15. The SMILES string of the molecule is O=C1OC2(CCNCC2)CN1C[C@H]1CC[C@H](C(=O)O)CC1. The van der Waals surface area contributed by atoms with Gasteiger partial charge in [-0.25, -0.2) is 4.79 Å². The number of nitrogens with zero attached hydrogens (tertiary/aromatic N) is 1. The van der Waals surface area contributed by atoms with Crippen molar-refractivity contribution in [2.24, 2.45) is 11.8 Å². The second-order valence-corrected chi connectivity index (χ2v) is 6.74. The van der Waals surface area contributed by atoms with E-state index in [0.29, 0.717) is 12.5 Å². The fourth-order valence-corrected chi connectivity index (χ4v) is 3.88. The fourth-order valence-electron chi connectivity index (χ4n) is 3.88. The third-order valence-corrected chi connectivity index (χ3v) is 5.23. The number of amides is 1. The van der Waals surface area contributed by atoms with Crippen LogP contribution in [0.2, 0.25) is 0 Å². The van der Waals surface area contributed by atoms with Crippen LogP contribution in [0, 0.1) is 11.8 Å². The molecule has 1 spiro atoms. The Morgan fingerprint density at radius 2 is 1.95 bits per heavy atom. The van der Waals surface area contributed by atoms with Gasteiger partial charge in [-0.1, -0.05) is 0 Å². The largest absolute Gasteiger partial charge is 0.481 e. The average Bonchev–Trinajstić information content (AvgIpc) is 2.76. The topological polar surface area (TPSA) is 78.9 Å². The lowest BCUT2D eigenvalue weighted by Crippen LogP contribution is -2.45. The first-order valence-corrected chi connectivity index (χ1v) is 7.99. The monoisotopic (exact) mass is 296 g/mol. The first-order valence-electron chi connectivity index (χ1n) is 7.99. The van der Waals surface area contributed by atoms with Crippen molar-refractivity contribution in [3.8, 4) is 0 Å². The molecular formula is C15H24N2O4. The third-order valence-electron chi connectivity index (χ3n) is 5.23. The zero-order chi connectivity index (χ0) is 14.9. The molecule has 0 aromatic carbocycles. The normalized spacial score (nSPS) is 32.2. The Morgan fingerprint density at radius 1 is 1.29 bits per heavy atom. The van der Waals surface area contributed by atoms with Crippen molar-refractivity contribution >= 4 is 12.1 Å². The predicted molar refractivity (Wildman–Crippen MR) is 76.0 cm³/mol. The second kappa shape index (κ2) is 5.83. The van der Waals surface area contributed by atoms with E-state index in [1.54, 1.807) is 0 Å². The zero-order valence-corrected chi connectivity index (χ0v) is 12.3. The molecule has 0 atom stereocenters.